The molecule has 1 saturated carbocycles. The molecule has 0 amide bonds. The van der Waals surface area contributed by atoms with E-state index in [0.29, 0.717) is 23.6 Å². The first-order valence-electron chi connectivity index (χ1n) is 7.74. The molecule has 2 heterocycles. The topological polar surface area (TPSA) is 77.6 Å². The Morgan fingerprint density at radius 1 is 1.33 bits per heavy atom. The first-order valence-corrected chi connectivity index (χ1v) is 7.74. The van der Waals surface area contributed by atoms with Gasteiger partial charge in [-0.05, 0) is 25.8 Å². The van der Waals surface area contributed by atoms with Crippen molar-refractivity contribution >= 4 is 11.0 Å². The van der Waals surface area contributed by atoms with Crippen LogP contribution in [0.4, 0.5) is 0 Å². The zero-order chi connectivity index (χ0) is 14.7. The lowest BCUT2D eigenvalue weighted by atomic mass is 9.95. The number of fused-ring (bicyclic) bond motifs is 1. The van der Waals surface area contributed by atoms with Crippen LogP contribution in [-0.4, -0.2) is 37.4 Å². The Balaban J connectivity index is 1.55. The molecule has 1 fully saturated rings. The second kappa shape index (κ2) is 6.34. The number of aromatic nitrogens is 5. The van der Waals surface area contributed by atoms with Crippen molar-refractivity contribution in [3.05, 3.63) is 16.6 Å². The summed E-state index contributed by atoms with van der Waals surface area (Å²) in [6, 6.07) is 0.655. The summed E-state index contributed by atoms with van der Waals surface area (Å²) in [6.07, 6.45) is 9.04. The van der Waals surface area contributed by atoms with Crippen LogP contribution in [0.5, 0.6) is 0 Å². The highest BCUT2D eigenvalue weighted by Crippen LogP contribution is 2.17. The maximum atomic E-state index is 12.2. The average molecular weight is 290 g/mol. The van der Waals surface area contributed by atoms with E-state index in [4.69, 9.17) is 0 Å². The number of rotatable bonds is 5. The minimum absolute atomic E-state index is 0.106. The summed E-state index contributed by atoms with van der Waals surface area (Å²) in [6.45, 7) is 1.51. The van der Waals surface area contributed by atoms with Gasteiger partial charge in [-0.1, -0.05) is 24.5 Å². The number of nitrogens with zero attached hydrogens (tertiary/aromatic N) is 5. The molecule has 2 aromatic rings. The van der Waals surface area contributed by atoms with Crippen LogP contribution in [0.15, 0.2) is 11.0 Å². The molecule has 1 N–H and O–H groups in total. The minimum Gasteiger partial charge on any atom is -0.314 e. The Kier molecular flexibility index (Phi) is 4.28. The van der Waals surface area contributed by atoms with E-state index in [1.807, 2.05) is 0 Å². The summed E-state index contributed by atoms with van der Waals surface area (Å²) in [5, 5.41) is 16.2. The van der Waals surface area contributed by atoms with Crippen molar-refractivity contribution in [1.29, 1.82) is 0 Å². The van der Waals surface area contributed by atoms with E-state index in [1.165, 1.54) is 36.8 Å². The first-order chi connectivity index (χ1) is 10.3. The molecular formula is C14H22N6O. The van der Waals surface area contributed by atoms with Crippen LogP contribution in [-0.2, 0) is 13.6 Å². The van der Waals surface area contributed by atoms with Crippen LogP contribution in [0, 0.1) is 0 Å². The maximum Gasteiger partial charge on any atom is 0.280 e. The average Bonchev–Trinajstić information content (AvgIpc) is 2.89. The van der Waals surface area contributed by atoms with Crippen molar-refractivity contribution in [1.82, 2.24) is 30.1 Å². The fourth-order valence-corrected chi connectivity index (χ4v) is 2.96. The number of aryl methyl sites for hydroxylation is 2. The fraction of sp³-hybridized carbons (Fsp3) is 0.714. The van der Waals surface area contributed by atoms with Crippen molar-refractivity contribution < 1.29 is 0 Å². The van der Waals surface area contributed by atoms with Crippen molar-refractivity contribution in [2.45, 2.75) is 51.1 Å². The van der Waals surface area contributed by atoms with Gasteiger partial charge in [-0.25, -0.2) is 9.36 Å². The molecule has 0 aromatic carbocycles. The van der Waals surface area contributed by atoms with Crippen LogP contribution < -0.4 is 10.9 Å². The molecule has 0 spiro atoms. The second-order valence-corrected chi connectivity index (χ2v) is 5.77. The molecule has 3 rings (SSSR count). The van der Waals surface area contributed by atoms with Crippen LogP contribution >= 0.6 is 0 Å². The Hall–Kier alpha value is -1.76. The predicted octanol–water partition coefficient (Wildman–Crippen LogP) is 0.837. The maximum absolute atomic E-state index is 12.2. The van der Waals surface area contributed by atoms with E-state index >= 15 is 0 Å². The zero-order valence-electron chi connectivity index (χ0n) is 12.5. The summed E-state index contributed by atoms with van der Waals surface area (Å²) in [7, 11) is 1.76. The van der Waals surface area contributed by atoms with Gasteiger partial charge in [-0.15, -0.1) is 5.10 Å². The van der Waals surface area contributed by atoms with Gasteiger partial charge in [0.05, 0.1) is 6.20 Å². The lowest BCUT2D eigenvalue weighted by Crippen LogP contribution is -2.33. The molecule has 0 aliphatic heterocycles. The molecule has 2 aromatic heterocycles. The summed E-state index contributed by atoms with van der Waals surface area (Å²) in [5.74, 6) is 0. The minimum atomic E-state index is -0.106. The molecule has 114 valence electrons. The molecule has 0 unspecified atom stereocenters. The van der Waals surface area contributed by atoms with E-state index in [2.05, 4.69) is 20.7 Å². The van der Waals surface area contributed by atoms with Crippen molar-refractivity contribution in [3.8, 4) is 0 Å². The van der Waals surface area contributed by atoms with Crippen molar-refractivity contribution in [3.63, 3.8) is 0 Å². The predicted molar refractivity (Wildman–Crippen MR) is 80.1 cm³/mol. The fourth-order valence-electron chi connectivity index (χ4n) is 2.96. The molecule has 0 radical (unpaired) electrons. The van der Waals surface area contributed by atoms with Gasteiger partial charge in [0.15, 0.2) is 5.65 Å². The van der Waals surface area contributed by atoms with Gasteiger partial charge < -0.3 is 5.32 Å². The molecule has 1 aliphatic carbocycles. The third kappa shape index (κ3) is 3.12. The lowest BCUT2D eigenvalue weighted by Gasteiger charge is -2.22. The number of nitrogens with one attached hydrogen (secondary N) is 1. The van der Waals surface area contributed by atoms with E-state index in [0.717, 1.165) is 13.0 Å². The Morgan fingerprint density at radius 3 is 2.95 bits per heavy atom. The lowest BCUT2D eigenvalue weighted by molar-refractivity contribution is 0.365. The SMILES string of the molecule is Cn1ncc2c(=O)n(CCCNC3CCCCC3)nnc21. The highest BCUT2D eigenvalue weighted by molar-refractivity contribution is 5.72. The Morgan fingerprint density at radius 2 is 2.14 bits per heavy atom. The summed E-state index contributed by atoms with van der Waals surface area (Å²) in [5.41, 5.74) is 0.433. The van der Waals surface area contributed by atoms with E-state index in [-0.39, 0.29) is 5.56 Å². The third-order valence-electron chi connectivity index (χ3n) is 4.20. The molecule has 7 nitrogen and oxygen atoms in total. The Bertz CT molecular complexity index is 655. The number of hydrogen-bond donors (Lipinski definition) is 1. The van der Waals surface area contributed by atoms with E-state index in [1.54, 1.807) is 17.9 Å². The van der Waals surface area contributed by atoms with E-state index in [9.17, 15) is 4.79 Å². The second-order valence-electron chi connectivity index (χ2n) is 5.77. The van der Waals surface area contributed by atoms with Crippen LogP contribution in [0.1, 0.15) is 38.5 Å². The quantitative estimate of drug-likeness (QED) is 0.826. The molecule has 0 atom stereocenters. The molecule has 0 bridgehead atoms. The van der Waals surface area contributed by atoms with Crippen molar-refractivity contribution in [2.75, 3.05) is 6.54 Å². The largest absolute Gasteiger partial charge is 0.314 e. The van der Waals surface area contributed by atoms with Gasteiger partial charge in [0.1, 0.15) is 5.39 Å². The highest BCUT2D eigenvalue weighted by atomic mass is 16.1. The molecule has 1 aliphatic rings. The molecule has 7 heteroatoms. The molecule has 0 saturated heterocycles. The van der Waals surface area contributed by atoms with Gasteiger partial charge in [-0.2, -0.15) is 5.10 Å². The van der Waals surface area contributed by atoms with E-state index < -0.39 is 0 Å². The normalized spacial score (nSPS) is 16.6. The Labute approximate surface area is 123 Å². The van der Waals surface area contributed by atoms with Gasteiger partial charge in [-0.3, -0.25) is 4.79 Å². The molecular weight excluding hydrogens is 268 g/mol. The smallest absolute Gasteiger partial charge is 0.280 e. The summed E-state index contributed by atoms with van der Waals surface area (Å²) < 4.78 is 3.01. The standard InChI is InChI=1S/C14H22N6O/c1-19-13-12(10-16-19)14(21)20(18-17-13)9-5-8-15-11-6-3-2-4-7-11/h10-11,15H,2-9H2,1H3. The monoisotopic (exact) mass is 290 g/mol. The highest BCUT2D eigenvalue weighted by Gasteiger charge is 2.12. The van der Waals surface area contributed by atoms with Gasteiger partial charge in [0.25, 0.3) is 5.56 Å². The van der Waals surface area contributed by atoms with Crippen LogP contribution in [0.3, 0.4) is 0 Å². The van der Waals surface area contributed by atoms with Gasteiger partial charge >= 0.3 is 0 Å². The first kappa shape index (κ1) is 14.2. The van der Waals surface area contributed by atoms with Crippen LogP contribution in [0.2, 0.25) is 0 Å². The number of hydrogen-bond acceptors (Lipinski definition) is 5. The summed E-state index contributed by atoms with van der Waals surface area (Å²) in [4.78, 5) is 12.2. The third-order valence-corrected chi connectivity index (χ3v) is 4.20. The molecule has 21 heavy (non-hydrogen) atoms. The van der Waals surface area contributed by atoms with Crippen molar-refractivity contribution in [2.24, 2.45) is 7.05 Å². The van der Waals surface area contributed by atoms with Gasteiger partial charge in [0, 0.05) is 19.6 Å². The zero-order valence-corrected chi connectivity index (χ0v) is 12.5. The van der Waals surface area contributed by atoms with Gasteiger partial charge in [0.2, 0.25) is 0 Å². The summed E-state index contributed by atoms with van der Waals surface area (Å²) >= 11 is 0. The van der Waals surface area contributed by atoms with Crippen LogP contribution in [0.25, 0.3) is 11.0 Å².